The molecule has 1 aromatic rings. The molecule has 1 unspecified atom stereocenters. The van der Waals surface area contributed by atoms with Crippen molar-refractivity contribution in [1.29, 1.82) is 0 Å². The monoisotopic (exact) mass is 312 g/mol. The molecule has 4 heteroatoms. The van der Waals surface area contributed by atoms with E-state index in [2.05, 4.69) is 33.5 Å². The average molecular weight is 312 g/mol. The van der Waals surface area contributed by atoms with Crippen LogP contribution >= 0.6 is 22.6 Å². The summed E-state index contributed by atoms with van der Waals surface area (Å²) in [6, 6.07) is 3.78. The molecular weight excluding hydrogens is 303 g/mol. The summed E-state index contributed by atoms with van der Waals surface area (Å²) in [5.74, 6) is 3.43. The third-order valence-corrected chi connectivity index (χ3v) is 3.20. The summed E-state index contributed by atoms with van der Waals surface area (Å²) in [6.45, 7) is 0.586. The van der Waals surface area contributed by atoms with Gasteiger partial charge in [-0.15, -0.1) is 12.3 Å². The summed E-state index contributed by atoms with van der Waals surface area (Å²) in [5.41, 5.74) is 0. The lowest BCUT2D eigenvalue weighted by atomic mass is 10.1. The summed E-state index contributed by atoms with van der Waals surface area (Å²) in [5, 5.41) is 0. The van der Waals surface area contributed by atoms with Gasteiger partial charge in [-0.2, -0.15) is 0 Å². The zero-order chi connectivity index (χ0) is 10.8. The number of carbonyl (C=O) groups excluding carboxylic acids is 1. The van der Waals surface area contributed by atoms with Crippen molar-refractivity contribution in [2.24, 2.45) is 5.92 Å². The fourth-order valence-corrected chi connectivity index (χ4v) is 2.24. The number of hydrogen-bond donors (Lipinski definition) is 0. The molecule has 2 heterocycles. The molecular formula is C11H9IN2O. The Morgan fingerprint density at radius 3 is 3.07 bits per heavy atom. The number of aromatic nitrogens is 1. The second-order valence-electron chi connectivity index (χ2n) is 3.38. The molecule has 1 aliphatic heterocycles. The highest BCUT2D eigenvalue weighted by Crippen LogP contribution is 2.26. The number of hydrogen-bond acceptors (Lipinski definition) is 2. The predicted molar refractivity (Wildman–Crippen MR) is 66.2 cm³/mol. The Bertz CT molecular complexity index is 438. The van der Waals surface area contributed by atoms with Crippen molar-refractivity contribution in [3.05, 3.63) is 21.9 Å². The summed E-state index contributed by atoms with van der Waals surface area (Å²) in [6.07, 6.45) is 7.45. The largest absolute Gasteiger partial charge is 0.295 e. The molecule has 0 aliphatic carbocycles. The lowest BCUT2D eigenvalue weighted by Gasteiger charge is -2.15. The van der Waals surface area contributed by atoms with Crippen LogP contribution in [0.25, 0.3) is 0 Å². The smallest absolute Gasteiger partial charge is 0.229 e. The highest BCUT2D eigenvalue weighted by molar-refractivity contribution is 14.1. The molecule has 0 aromatic carbocycles. The number of carbonyl (C=O) groups is 1. The van der Waals surface area contributed by atoms with Crippen molar-refractivity contribution in [3.8, 4) is 12.3 Å². The fraction of sp³-hybridized carbons (Fsp3) is 0.273. The number of rotatable bonds is 1. The molecule has 0 spiro atoms. The number of halogens is 1. The van der Waals surface area contributed by atoms with Gasteiger partial charge < -0.3 is 0 Å². The predicted octanol–water partition coefficient (Wildman–Crippen LogP) is 1.67. The third-order valence-electron chi connectivity index (χ3n) is 2.36. The maximum atomic E-state index is 11.7. The first-order valence-electron chi connectivity index (χ1n) is 4.59. The lowest BCUT2D eigenvalue weighted by Crippen LogP contribution is -2.26. The van der Waals surface area contributed by atoms with Gasteiger partial charge in [-0.1, -0.05) is 0 Å². The number of nitrogens with zero attached hydrogens (tertiary/aromatic N) is 2. The highest BCUT2D eigenvalue weighted by Gasteiger charge is 2.30. The summed E-state index contributed by atoms with van der Waals surface area (Å²) in [7, 11) is 0. The Labute approximate surface area is 102 Å². The van der Waals surface area contributed by atoms with Crippen LogP contribution in [0.2, 0.25) is 0 Å². The molecule has 0 radical (unpaired) electrons. The second kappa shape index (κ2) is 4.19. The Morgan fingerprint density at radius 1 is 1.67 bits per heavy atom. The number of terminal acetylenes is 1. The van der Waals surface area contributed by atoms with Crippen molar-refractivity contribution in [1.82, 2.24) is 4.98 Å². The first kappa shape index (κ1) is 10.4. The minimum Gasteiger partial charge on any atom is -0.295 e. The van der Waals surface area contributed by atoms with E-state index in [0.29, 0.717) is 13.0 Å². The summed E-state index contributed by atoms with van der Waals surface area (Å²) >= 11 is 2.17. The number of anilines is 1. The zero-order valence-electron chi connectivity index (χ0n) is 7.98. The molecule has 1 amide bonds. The van der Waals surface area contributed by atoms with E-state index in [0.717, 1.165) is 9.39 Å². The van der Waals surface area contributed by atoms with Crippen molar-refractivity contribution in [2.75, 3.05) is 11.4 Å². The molecule has 1 aliphatic rings. The standard InChI is InChI=1S/C11H9IN2O/c1-2-8-6-10(15)14(7-8)11-9(12)4-3-5-13-11/h1,3-5,8H,6-7H2. The quantitative estimate of drug-likeness (QED) is 0.584. The van der Waals surface area contributed by atoms with Gasteiger partial charge in [-0.05, 0) is 34.7 Å². The third kappa shape index (κ3) is 1.97. The SMILES string of the molecule is C#CC1CC(=O)N(c2ncccc2I)C1. The topological polar surface area (TPSA) is 33.2 Å². The minimum atomic E-state index is 0.0234. The Balaban J connectivity index is 2.30. The molecule has 15 heavy (non-hydrogen) atoms. The van der Waals surface area contributed by atoms with E-state index >= 15 is 0 Å². The van der Waals surface area contributed by atoms with Crippen LogP contribution in [0.3, 0.4) is 0 Å². The molecule has 1 fully saturated rings. The van der Waals surface area contributed by atoms with Gasteiger partial charge in [0.15, 0.2) is 0 Å². The Hall–Kier alpha value is -1.09. The van der Waals surface area contributed by atoms with Crippen LogP contribution in [0.15, 0.2) is 18.3 Å². The molecule has 76 valence electrons. The van der Waals surface area contributed by atoms with E-state index in [4.69, 9.17) is 6.42 Å². The van der Waals surface area contributed by atoms with Crippen molar-refractivity contribution in [2.45, 2.75) is 6.42 Å². The van der Waals surface area contributed by atoms with Crippen LogP contribution in [-0.4, -0.2) is 17.4 Å². The molecule has 0 saturated carbocycles. The maximum Gasteiger partial charge on any atom is 0.229 e. The van der Waals surface area contributed by atoms with Gasteiger partial charge in [0.25, 0.3) is 0 Å². The van der Waals surface area contributed by atoms with E-state index in [1.165, 1.54) is 0 Å². The van der Waals surface area contributed by atoms with Gasteiger partial charge in [0.1, 0.15) is 5.82 Å². The van der Waals surface area contributed by atoms with E-state index < -0.39 is 0 Å². The second-order valence-corrected chi connectivity index (χ2v) is 4.54. The van der Waals surface area contributed by atoms with Crippen LogP contribution in [-0.2, 0) is 4.79 Å². The molecule has 3 nitrogen and oxygen atoms in total. The normalized spacial score (nSPS) is 20.4. The molecule has 1 saturated heterocycles. The van der Waals surface area contributed by atoms with E-state index in [9.17, 15) is 4.79 Å². The average Bonchev–Trinajstić information content (AvgIpc) is 2.60. The van der Waals surface area contributed by atoms with Crippen molar-refractivity contribution < 1.29 is 4.79 Å². The molecule has 1 aromatic heterocycles. The van der Waals surface area contributed by atoms with E-state index in [1.54, 1.807) is 11.1 Å². The first-order chi connectivity index (χ1) is 7.22. The Kier molecular flexibility index (Phi) is 2.91. The molecule has 0 bridgehead atoms. The van der Waals surface area contributed by atoms with E-state index in [1.807, 2.05) is 12.1 Å². The molecule has 2 rings (SSSR count). The lowest BCUT2D eigenvalue weighted by molar-refractivity contribution is -0.117. The molecule has 1 atom stereocenters. The zero-order valence-corrected chi connectivity index (χ0v) is 10.1. The fourth-order valence-electron chi connectivity index (χ4n) is 1.60. The van der Waals surface area contributed by atoms with Crippen molar-refractivity contribution in [3.63, 3.8) is 0 Å². The highest BCUT2D eigenvalue weighted by atomic mass is 127. The van der Waals surface area contributed by atoms with Gasteiger partial charge in [-0.3, -0.25) is 9.69 Å². The van der Waals surface area contributed by atoms with Crippen LogP contribution in [0.1, 0.15) is 6.42 Å². The van der Waals surface area contributed by atoms with Gasteiger partial charge in [0.05, 0.1) is 3.57 Å². The van der Waals surface area contributed by atoms with Crippen LogP contribution in [0.4, 0.5) is 5.82 Å². The maximum absolute atomic E-state index is 11.7. The van der Waals surface area contributed by atoms with Crippen molar-refractivity contribution >= 4 is 34.3 Å². The number of pyridine rings is 1. The Morgan fingerprint density at radius 2 is 2.47 bits per heavy atom. The first-order valence-corrected chi connectivity index (χ1v) is 5.67. The van der Waals surface area contributed by atoms with Crippen LogP contribution in [0, 0.1) is 21.8 Å². The van der Waals surface area contributed by atoms with Gasteiger partial charge in [0.2, 0.25) is 5.91 Å². The van der Waals surface area contributed by atoms with Gasteiger partial charge in [0, 0.05) is 25.1 Å². The van der Waals surface area contributed by atoms with Crippen LogP contribution in [0.5, 0.6) is 0 Å². The minimum absolute atomic E-state index is 0.0234. The summed E-state index contributed by atoms with van der Waals surface area (Å²) < 4.78 is 0.973. The van der Waals surface area contributed by atoms with Gasteiger partial charge in [-0.25, -0.2) is 4.98 Å². The number of amides is 1. The van der Waals surface area contributed by atoms with E-state index in [-0.39, 0.29) is 11.8 Å². The van der Waals surface area contributed by atoms with Crippen LogP contribution < -0.4 is 4.90 Å². The van der Waals surface area contributed by atoms with Gasteiger partial charge >= 0.3 is 0 Å². The summed E-state index contributed by atoms with van der Waals surface area (Å²) in [4.78, 5) is 17.6. The molecule has 0 N–H and O–H groups in total.